The number of unbranched alkanes of at least 4 members (excludes halogenated alkanes) is 3. The zero-order valence-corrected chi connectivity index (χ0v) is 19.7. The summed E-state index contributed by atoms with van der Waals surface area (Å²) < 4.78 is 0. The minimum absolute atomic E-state index is 0.699. The molecule has 7 unspecified atom stereocenters. The lowest BCUT2D eigenvalue weighted by Gasteiger charge is -2.39. The molecule has 0 bridgehead atoms. The van der Waals surface area contributed by atoms with Crippen molar-refractivity contribution >= 4 is 0 Å². The van der Waals surface area contributed by atoms with Crippen molar-refractivity contribution in [1.29, 1.82) is 0 Å². The molecule has 0 radical (unpaired) electrons. The molecule has 7 atom stereocenters. The van der Waals surface area contributed by atoms with Crippen LogP contribution in [0.25, 0.3) is 0 Å². The second-order valence-electron chi connectivity index (χ2n) is 9.56. The minimum Gasteiger partial charge on any atom is -0.0683 e. The van der Waals surface area contributed by atoms with Crippen LogP contribution in [0.4, 0.5) is 0 Å². The van der Waals surface area contributed by atoms with E-state index in [1.165, 1.54) is 57.8 Å². The molecule has 0 amide bonds. The van der Waals surface area contributed by atoms with Gasteiger partial charge in [0, 0.05) is 0 Å². The van der Waals surface area contributed by atoms with Crippen LogP contribution < -0.4 is 0 Å². The van der Waals surface area contributed by atoms with Gasteiger partial charge in [0.05, 0.1) is 0 Å². The largest absolute Gasteiger partial charge is 0.0683 e. The monoisotopic (exact) mass is 364 g/mol. The fraction of sp³-hybridized carbons (Fsp3) is 1.00. The molecule has 2 rings (SSSR count). The van der Waals surface area contributed by atoms with Crippen LogP contribution in [-0.2, 0) is 0 Å². The normalized spacial score (nSPS) is 39.2. The Labute approximate surface area is 167 Å². The van der Waals surface area contributed by atoms with Gasteiger partial charge in [0.25, 0.3) is 0 Å². The summed E-state index contributed by atoms with van der Waals surface area (Å²) in [5, 5.41) is 0. The van der Waals surface area contributed by atoms with Crippen molar-refractivity contribution in [3.63, 3.8) is 0 Å². The van der Waals surface area contributed by atoms with Gasteiger partial charge in [-0.15, -0.1) is 0 Å². The molecule has 0 saturated heterocycles. The maximum atomic E-state index is 2.65. The Bertz CT molecular complexity index is 359. The van der Waals surface area contributed by atoms with E-state index >= 15 is 0 Å². The van der Waals surface area contributed by atoms with Crippen LogP contribution in [0, 0.1) is 40.9 Å². The fourth-order valence-electron chi connectivity index (χ4n) is 7.50. The lowest BCUT2D eigenvalue weighted by Crippen LogP contribution is -2.32. The zero-order valence-electron chi connectivity index (χ0n) is 19.7. The first kappa shape index (κ1) is 24.0. The third kappa shape index (κ3) is 4.88. The van der Waals surface area contributed by atoms with Crippen LogP contribution in [0.1, 0.15) is 126 Å². The van der Waals surface area contributed by atoms with Crippen LogP contribution in [0.2, 0.25) is 0 Å². The first-order valence-corrected chi connectivity index (χ1v) is 12.6. The van der Waals surface area contributed by atoms with Crippen LogP contribution in [0.3, 0.4) is 0 Å². The summed E-state index contributed by atoms with van der Waals surface area (Å²) in [6, 6.07) is 0. The third-order valence-corrected chi connectivity index (χ3v) is 8.45. The second-order valence-corrected chi connectivity index (χ2v) is 9.56. The molecule has 0 aromatic rings. The highest BCUT2D eigenvalue weighted by Crippen LogP contribution is 2.66. The summed E-state index contributed by atoms with van der Waals surface area (Å²) in [5.74, 6) is 5.99. The van der Waals surface area contributed by atoms with Crippen molar-refractivity contribution in [1.82, 2.24) is 0 Å². The predicted octanol–water partition coefficient (Wildman–Crippen LogP) is 9.13. The molecular formula is C26H52. The standard InChI is InChI=1S/C24H46.C2H6/c1-7-11-12-13-15-20-17-24(23(10-4)21(20)9-3)16-18(5)22(14-8-2)19(24)6;1-2/h18-23H,7-17H2,1-6H3;1-2H3. The van der Waals surface area contributed by atoms with Gasteiger partial charge in [-0.05, 0) is 53.8 Å². The van der Waals surface area contributed by atoms with Crippen LogP contribution >= 0.6 is 0 Å². The smallest absolute Gasteiger partial charge is 0.0233 e. The van der Waals surface area contributed by atoms with Gasteiger partial charge in [-0.25, -0.2) is 0 Å². The number of hydrogen-bond acceptors (Lipinski definition) is 0. The minimum atomic E-state index is 0.699. The van der Waals surface area contributed by atoms with Crippen molar-refractivity contribution in [3.8, 4) is 0 Å². The molecule has 0 aromatic carbocycles. The maximum absolute atomic E-state index is 2.65. The van der Waals surface area contributed by atoms with Gasteiger partial charge in [0.15, 0.2) is 0 Å². The summed E-state index contributed by atoms with van der Waals surface area (Å²) in [4.78, 5) is 0. The maximum Gasteiger partial charge on any atom is -0.0233 e. The van der Waals surface area contributed by atoms with E-state index in [0.29, 0.717) is 5.41 Å². The fourth-order valence-corrected chi connectivity index (χ4v) is 7.50. The summed E-state index contributed by atoms with van der Waals surface area (Å²) in [7, 11) is 0. The third-order valence-electron chi connectivity index (χ3n) is 8.45. The van der Waals surface area contributed by atoms with Crippen molar-refractivity contribution in [2.75, 3.05) is 0 Å². The second kappa shape index (κ2) is 11.8. The molecule has 26 heavy (non-hydrogen) atoms. The lowest BCUT2D eigenvalue weighted by molar-refractivity contribution is 0.0975. The van der Waals surface area contributed by atoms with Crippen molar-refractivity contribution < 1.29 is 0 Å². The van der Waals surface area contributed by atoms with Crippen LogP contribution in [-0.4, -0.2) is 0 Å². The van der Waals surface area contributed by atoms with Gasteiger partial charge in [-0.1, -0.05) is 113 Å². The molecule has 2 saturated carbocycles. The molecule has 2 fully saturated rings. The molecule has 2 aliphatic carbocycles. The van der Waals surface area contributed by atoms with Crippen LogP contribution in [0.5, 0.6) is 0 Å². The van der Waals surface area contributed by atoms with E-state index in [-0.39, 0.29) is 0 Å². The van der Waals surface area contributed by atoms with E-state index in [1.807, 2.05) is 13.8 Å². The molecule has 0 aromatic heterocycles. The van der Waals surface area contributed by atoms with Crippen molar-refractivity contribution in [2.24, 2.45) is 40.9 Å². The van der Waals surface area contributed by atoms with Gasteiger partial charge in [0.2, 0.25) is 0 Å². The topological polar surface area (TPSA) is 0 Å². The van der Waals surface area contributed by atoms with Gasteiger partial charge in [0.1, 0.15) is 0 Å². The molecule has 0 aliphatic heterocycles. The molecule has 0 N–H and O–H groups in total. The molecule has 0 heteroatoms. The molecule has 1 spiro atoms. The number of rotatable bonds is 9. The summed E-state index contributed by atoms with van der Waals surface area (Å²) in [5.41, 5.74) is 0.699. The van der Waals surface area contributed by atoms with E-state index in [4.69, 9.17) is 0 Å². The molecule has 156 valence electrons. The van der Waals surface area contributed by atoms with E-state index < -0.39 is 0 Å². The van der Waals surface area contributed by atoms with Gasteiger partial charge in [-0.2, -0.15) is 0 Å². The Balaban J connectivity index is 0.00000163. The molecule has 2 aliphatic rings. The molecule has 0 nitrogen and oxygen atoms in total. The van der Waals surface area contributed by atoms with E-state index in [1.54, 1.807) is 12.8 Å². The summed E-state index contributed by atoms with van der Waals surface area (Å²) in [6.07, 6.45) is 16.1. The Morgan fingerprint density at radius 2 is 1.42 bits per heavy atom. The van der Waals surface area contributed by atoms with E-state index in [0.717, 1.165) is 35.5 Å². The molecule has 0 heterocycles. The van der Waals surface area contributed by atoms with Gasteiger partial charge < -0.3 is 0 Å². The van der Waals surface area contributed by atoms with Crippen molar-refractivity contribution in [2.45, 2.75) is 126 Å². The Morgan fingerprint density at radius 3 is 1.96 bits per heavy atom. The highest BCUT2D eigenvalue weighted by atomic mass is 14.6. The average Bonchev–Trinajstić information content (AvgIpc) is 3.08. The van der Waals surface area contributed by atoms with Crippen LogP contribution in [0.15, 0.2) is 0 Å². The first-order chi connectivity index (χ1) is 12.6. The predicted molar refractivity (Wildman–Crippen MR) is 120 cm³/mol. The highest BCUT2D eigenvalue weighted by Gasteiger charge is 2.59. The Kier molecular flexibility index (Phi) is 10.9. The highest BCUT2D eigenvalue weighted by molar-refractivity contribution is 5.08. The van der Waals surface area contributed by atoms with Gasteiger partial charge in [-0.3, -0.25) is 0 Å². The summed E-state index contributed by atoms with van der Waals surface area (Å²) >= 11 is 0. The zero-order chi connectivity index (χ0) is 19.7. The van der Waals surface area contributed by atoms with E-state index in [2.05, 4.69) is 41.5 Å². The quantitative estimate of drug-likeness (QED) is 0.358. The number of hydrogen-bond donors (Lipinski definition) is 0. The average molecular weight is 365 g/mol. The van der Waals surface area contributed by atoms with Crippen molar-refractivity contribution in [3.05, 3.63) is 0 Å². The Morgan fingerprint density at radius 1 is 0.731 bits per heavy atom. The van der Waals surface area contributed by atoms with E-state index in [9.17, 15) is 0 Å². The first-order valence-electron chi connectivity index (χ1n) is 12.6. The lowest BCUT2D eigenvalue weighted by atomic mass is 9.66. The van der Waals surface area contributed by atoms with Gasteiger partial charge >= 0.3 is 0 Å². The molecular weight excluding hydrogens is 312 g/mol. The Hall–Kier alpha value is 0. The summed E-state index contributed by atoms with van der Waals surface area (Å²) in [6.45, 7) is 18.9. The SMILES string of the molecule is CC.CCCCCCC1CC2(CC(C)C(CCC)C2C)C(CC)C1CC.